The first-order valence-corrected chi connectivity index (χ1v) is 6.41. The number of likely N-dealkylation sites (N-methyl/N-ethyl adjacent to an activating group) is 1. The molecule has 1 aliphatic carbocycles. The molecule has 0 bridgehead atoms. The van der Waals surface area contributed by atoms with Crippen molar-refractivity contribution >= 4 is 5.91 Å². The zero-order chi connectivity index (χ0) is 14.0. The fourth-order valence-corrected chi connectivity index (χ4v) is 2.02. The van der Waals surface area contributed by atoms with Crippen LogP contribution in [0.1, 0.15) is 25.3 Å². The lowest BCUT2D eigenvalue weighted by Gasteiger charge is -2.24. The summed E-state index contributed by atoms with van der Waals surface area (Å²) >= 11 is 0. The molecule has 0 atom stereocenters. The maximum atomic E-state index is 13.6. The molecule has 1 aromatic carbocycles. The smallest absolute Gasteiger partial charge is 0.242 e. The number of amides is 1. The number of carbonyl (C=O) groups is 1. The molecule has 0 spiro atoms. The van der Waals surface area contributed by atoms with Gasteiger partial charge in [-0.25, -0.2) is 4.39 Å². The largest absolute Gasteiger partial charge is 0.494 e. The van der Waals surface area contributed by atoms with Crippen LogP contribution in [-0.4, -0.2) is 30.0 Å². The van der Waals surface area contributed by atoms with E-state index in [1.807, 2.05) is 6.92 Å². The summed E-state index contributed by atoms with van der Waals surface area (Å²) in [6.07, 6.45) is 1.47. The standard InChI is InChI=1S/C14H19FN2O2/c1-3-17(13(18)14(16)6-7-14)9-10-4-5-12(19-2)11(15)8-10/h4-5,8H,3,6-7,9,16H2,1-2H3. The predicted molar refractivity (Wildman–Crippen MR) is 70.2 cm³/mol. The van der Waals surface area contributed by atoms with Gasteiger partial charge in [-0.3, -0.25) is 4.79 Å². The normalized spacial score (nSPS) is 16.0. The van der Waals surface area contributed by atoms with E-state index >= 15 is 0 Å². The highest BCUT2D eigenvalue weighted by molar-refractivity contribution is 5.89. The summed E-state index contributed by atoms with van der Waals surface area (Å²) in [6.45, 7) is 2.82. The minimum Gasteiger partial charge on any atom is -0.494 e. The summed E-state index contributed by atoms with van der Waals surface area (Å²) in [6, 6.07) is 4.72. The first-order valence-electron chi connectivity index (χ1n) is 6.41. The summed E-state index contributed by atoms with van der Waals surface area (Å²) in [5.74, 6) is -0.265. The Morgan fingerprint density at radius 1 is 1.53 bits per heavy atom. The van der Waals surface area contributed by atoms with Crippen LogP contribution >= 0.6 is 0 Å². The molecule has 0 aliphatic heterocycles. The van der Waals surface area contributed by atoms with Gasteiger partial charge in [0, 0.05) is 13.1 Å². The monoisotopic (exact) mass is 266 g/mol. The molecular formula is C14H19FN2O2. The average Bonchev–Trinajstić information content (AvgIpc) is 3.14. The Balaban J connectivity index is 2.10. The highest BCUT2D eigenvalue weighted by Crippen LogP contribution is 2.34. The van der Waals surface area contributed by atoms with Crippen molar-refractivity contribution < 1.29 is 13.9 Å². The molecule has 0 saturated heterocycles. The van der Waals surface area contributed by atoms with Crippen LogP contribution in [-0.2, 0) is 11.3 Å². The quantitative estimate of drug-likeness (QED) is 0.882. The van der Waals surface area contributed by atoms with Gasteiger partial charge in [-0.15, -0.1) is 0 Å². The molecule has 1 fully saturated rings. The van der Waals surface area contributed by atoms with E-state index in [1.165, 1.54) is 13.2 Å². The second kappa shape index (κ2) is 5.17. The predicted octanol–water partition coefficient (Wildman–Crippen LogP) is 1.67. The molecule has 19 heavy (non-hydrogen) atoms. The third kappa shape index (κ3) is 2.87. The van der Waals surface area contributed by atoms with E-state index < -0.39 is 11.4 Å². The number of halogens is 1. The summed E-state index contributed by atoms with van der Waals surface area (Å²) in [4.78, 5) is 13.8. The Kier molecular flexibility index (Phi) is 3.75. The van der Waals surface area contributed by atoms with Crippen LogP contribution in [0.15, 0.2) is 18.2 Å². The Labute approximate surface area is 112 Å². The second-order valence-electron chi connectivity index (χ2n) is 4.94. The highest BCUT2D eigenvalue weighted by Gasteiger charge is 2.47. The van der Waals surface area contributed by atoms with Gasteiger partial charge >= 0.3 is 0 Å². The zero-order valence-corrected chi connectivity index (χ0v) is 11.3. The van der Waals surface area contributed by atoms with Crippen LogP contribution in [0.4, 0.5) is 4.39 Å². The van der Waals surface area contributed by atoms with Gasteiger partial charge in [0.25, 0.3) is 0 Å². The molecule has 104 valence electrons. The maximum Gasteiger partial charge on any atom is 0.242 e. The Bertz CT molecular complexity index is 486. The number of ether oxygens (including phenoxy) is 1. The minimum atomic E-state index is -0.680. The number of benzene rings is 1. The molecule has 4 nitrogen and oxygen atoms in total. The van der Waals surface area contributed by atoms with E-state index in [4.69, 9.17) is 10.5 Å². The van der Waals surface area contributed by atoms with Crippen molar-refractivity contribution in [3.05, 3.63) is 29.6 Å². The van der Waals surface area contributed by atoms with Gasteiger partial charge in [-0.1, -0.05) is 6.07 Å². The number of carbonyl (C=O) groups excluding carboxylic acids is 1. The first-order chi connectivity index (χ1) is 9.00. The van der Waals surface area contributed by atoms with Crippen LogP contribution in [0.5, 0.6) is 5.75 Å². The zero-order valence-electron chi connectivity index (χ0n) is 11.3. The Hall–Kier alpha value is -1.62. The lowest BCUT2D eigenvalue weighted by Crippen LogP contribution is -2.45. The number of hydrogen-bond donors (Lipinski definition) is 1. The van der Waals surface area contributed by atoms with Crippen molar-refractivity contribution in [1.29, 1.82) is 0 Å². The first kappa shape index (κ1) is 13.8. The summed E-state index contributed by atoms with van der Waals surface area (Å²) in [5.41, 5.74) is 5.96. The van der Waals surface area contributed by atoms with E-state index in [2.05, 4.69) is 0 Å². The molecule has 1 amide bonds. The molecule has 0 heterocycles. The van der Waals surface area contributed by atoms with Crippen molar-refractivity contribution in [3.63, 3.8) is 0 Å². The SMILES string of the molecule is CCN(Cc1ccc(OC)c(F)c1)C(=O)C1(N)CC1. The van der Waals surface area contributed by atoms with Crippen LogP contribution in [0.3, 0.4) is 0 Å². The van der Waals surface area contributed by atoms with E-state index in [-0.39, 0.29) is 11.7 Å². The van der Waals surface area contributed by atoms with Crippen LogP contribution < -0.4 is 10.5 Å². The van der Waals surface area contributed by atoms with Gasteiger partial charge in [-0.2, -0.15) is 0 Å². The number of rotatable bonds is 5. The van der Waals surface area contributed by atoms with Gasteiger partial charge < -0.3 is 15.4 Å². The maximum absolute atomic E-state index is 13.6. The minimum absolute atomic E-state index is 0.0498. The van der Waals surface area contributed by atoms with E-state index in [0.29, 0.717) is 13.1 Å². The van der Waals surface area contributed by atoms with Crippen LogP contribution in [0.2, 0.25) is 0 Å². The van der Waals surface area contributed by atoms with Crippen molar-refractivity contribution in [1.82, 2.24) is 4.90 Å². The number of methoxy groups -OCH3 is 1. The molecule has 2 N–H and O–H groups in total. The van der Waals surface area contributed by atoms with E-state index in [0.717, 1.165) is 18.4 Å². The van der Waals surface area contributed by atoms with Crippen molar-refractivity contribution in [3.8, 4) is 5.75 Å². The molecule has 0 radical (unpaired) electrons. The summed E-state index contributed by atoms with van der Waals surface area (Å²) in [5, 5.41) is 0. The van der Waals surface area contributed by atoms with Gasteiger partial charge in [0.2, 0.25) is 5.91 Å². The van der Waals surface area contributed by atoms with E-state index in [1.54, 1.807) is 17.0 Å². The fourth-order valence-electron chi connectivity index (χ4n) is 2.02. The second-order valence-corrected chi connectivity index (χ2v) is 4.94. The third-order valence-electron chi connectivity index (χ3n) is 3.47. The lowest BCUT2D eigenvalue weighted by atomic mass is 10.1. The molecular weight excluding hydrogens is 247 g/mol. The molecule has 1 aliphatic rings. The van der Waals surface area contributed by atoms with Crippen molar-refractivity contribution in [2.45, 2.75) is 31.8 Å². The van der Waals surface area contributed by atoms with Gasteiger partial charge in [0.15, 0.2) is 11.6 Å². The molecule has 0 unspecified atom stereocenters. The van der Waals surface area contributed by atoms with Crippen molar-refractivity contribution in [2.75, 3.05) is 13.7 Å². The molecule has 1 aromatic rings. The van der Waals surface area contributed by atoms with E-state index in [9.17, 15) is 9.18 Å². The van der Waals surface area contributed by atoms with Crippen molar-refractivity contribution in [2.24, 2.45) is 5.73 Å². The molecule has 0 aromatic heterocycles. The molecule has 5 heteroatoms. The number of nitrogens with zero attached hydrogens (tertiary/aromatic N) is 1. The molecule has 2 rings (SSSR count). The number of nitrogens with two attached hydrogens (primary N) is 1. The Morgan fingerprint density at radius 3 is 2.68 bits per heavy atom. The van der Waals surface area contributed by atoms with Gasteiger partial charge in [0.1, 0.15) is 0 Å². The molecule has 1 saturated carbocycles. The number of hydrogen-bond acceptors (Lipinski definition) is 3. The summed E-state index contributed by atoms with van der Waals surface area (Å²) < 4.78 is 18.5. The van der Waals surface area contributed by atoms with Crippen LogP contribution in [0, 0.1) is 5.82 Å². The van der Waals surface area contributed by atoms with Gasteiger partial charge in [0.05, 0.1) is 12.6 Å². The lowest BCUT2D eigenvalue weighted by molar-refractivity contribution is -0.134. The fraction of sp³-hybridized carbons (Fsp3) is 0.500. The average molecular weight is 266 g/mol. The topological polar surface area (TPSA) is 55.6 Å². The summed E-state index contributed by atoms with van der Waals surface area (Å²) in [7, 11) is 1.42. The third-order valence-corrected chi connectivity index (χ3v) is 3.47. The van der Waals surface area contributed by atoms with Gasteiger partial charge in [-0.05, 0) is 37.5 Å². The Morgan fingerprint density at radius 2 is 2.21 bits per heavy atom. The highest BCUT2D eigenvalue weighted by atomic mass is 19.1. The van der Waals surface area contributed by atoms with Crippen LogP contribution in [0.25, 0.3) is 0 Å².